The summed E-state index contributed by atoms with van der Waals surface area (Å²) >= 11 is 0. The number of halogens is 2. The van der Waals surface area contributed by atoms with Gasteiger partial charge in [-0.15, -0.1) is 0 Å². The molecule has 1 aromatic carbocycles. The third-order valence-electron chi connectivity index (χ3n) is 2.25. The van der Waals surface area contributed by atoms with E-state index in [4.69, 9.17) is 15.2 Å². The SMILES string of the molecule is NC/C=C/c1cc2c(cc1C(F)F)OCO2. The van der Waals surface area contributed by atoms with Crippen molar-refractivity contribution in [2.24, 2.45) is 5.73 Å². The summed E-state index contributed by atoms with van der Waals surface area (Å²) in [5.74, 6) is 0.848. The lowest BCUT2D eigenvalue weighted by Crippen LogP contribution is -1.94. The summed E-state index contributed by atoms with van der Waals surface area (Å²) in [6.07, 6.45) is 0.624. The quantitative estimate of drug-likeness (QED) is 0.861. The van der Waals surface area contributed by atoms with Crippen molar-refractivity contribution in [2.75, 3.05) is 13.3 Å². The molecule has 1 heterocycles. The molecule has 0 spiro atoms. The van der Waals surface area contributed by atoms with E-state index in [0.29, 0.717) is 23.6 Å². The van der Waals surface area contributed by atoms with Crippen molar-refractivity contribution in [2.45, 2.75) is 6.43 Å². The molecular formula is C11H11F2NO2. The second kappa shape index (κ2) is 4.49. The molecular weight excluding hydrogens is 216 g/mol. The second-order valence-corrected chi connectivity index (χ2v) is 3.27. The van der Waals surface area contributed by atoms with Crippen molar-refractivity contribution >= 4 is 6.08 Å². The summed E-state index contributed by atoms with van der Waals surface area (Å²) in [4.78, 5) is 0. The van der Waals surface area contributed by atoms with E-state index in [9.17, 15) is 8.78 Å². The number of nitrogens with two attached hydrogens (primary N) is 1. The average molecular weight is 227 g/mol. The fourth-order valence-electron chi connectivity index (χ4n) is 1.50. The molecule has 1 aliphatic rings. The number of hydrogen-bond donors (Lipinski definition) is 1. The number of alkyl halides is 2. The van der Waals surface area contributed by atoms with Gasteiger partial charge >= 0.3 is 0 Å². The van der Waals surface area contributed by atoms with E-state index in [2.05, 4.69) is 0 Å². The van der Waals surface area contributed by atoms with Crippen LogP contribution in [-0.2, 0) is 0 Å². The molecule has 0 amide bonds. The highest BCUT2D eigenvalue weighted by atomic mass is 19.3. The lowest BCUT2D eigenvalue weighted by Gasteiger charge is -2.06. The lowest BCUT2D eigenvalue weighted by molar-refractivity contribution is 0.150. The third-order valence-corrected chi connectivity index (χ3v) is 2.25. The minimum Gasteiger partial charge on any atom is -0.454 e. The van der Waals surface area contributed by atoms with Crippen LogP contribution in [0, 0.1) is 0 Å². The van der Waals surface area contributed by atoms with Crippen LogP contribution in [0.25, 0.3) is 6.08 Å². The van der Waals surface area contributed by atoms with Crippen LogP contribution in [0.1, 0.15) is 17.6 Å². The molecule has 0 unspecified atom stereocenters. The Morgan fingerprint density at radius 2 is 2.00 bits per heavy atom. The van der Waals surface area contributed by atoms with Crippen molar-refractivity contribution < 1.29 is 18.3 Å². The molecule has 16 heavy (non-hydrogen) atoms. The van der Waals surface area contributed by atoms with E-state index in [0.717, 1.165) is 0 Å². The molecule has 86 valence electrons. The van der Waals surface area contributed by atoms with E-state index in [1.54, 1.807) is 12.2 Å². The van der Waals surface area contributed by atoms with Gasteiger partial charge in [-0.1, -0.05) is 12.2 Å². The maximum absolute atomic E-state index is 12.8. The molecule has 2 rings (SSSR count). The monoisotopic (exact) mass is 227 g/mol. The number of ether oxygens (including phenoxy) is 2. The summed E-state index contributed by atoms with van der Waals surface area (Å²) in [5, 5.41) is 0. The van der Waals surface area contributed by atoms with E-state index < -0.39 is 6.43 Å². The molecule has 0 saturated heterocycles. The number of hydrogen-bond acceptors (Lipinski definition) is 3. The van der Waals surface area contributed by atoms with Gasteiger partial charge in [0.15, 0.2) is 11.5 Å². The zero-order valence-corrected chi connectivity index (χ0v) is 8.45. The van der Waals surface area contributed by atoms with Crippen LogP contribution < -0.4 is 15.2 Å². The summed E-state index contributed by atoms with van der Waals surface area (Å²) in [6, 6.07) is 2.85. The van der Waals surface area contributed by atoms with Crippen molar-refractivity contribution in [3.05, 3.63) is 29.3 Å². The number of rotatable bonds is 3. The molecule has 1 aliphatic heterocycles. The zero-order chi connectivity index (χ0) is 11.5. The Morgan fingerprint density at radius 3 is 2.62 bits per heavy atom. The third kappa shape index (κ3) is 1.99. The Hall–Kier alpha value is -1.62. The van der Waals surface area contributed by atoms with Gasteiger partial charge < -0.3 is 15.2 Å². The van der Waals surface area contributed by atoms with Crippen molar-refractivity contribution in [1.82, 2.24) is 0 Å². The van der Waals surface area contributed by atoms with Crippen LogP contribution in [0.5, 0.6) is 11.5 Å². The molecule has 2 N–H and O–H groups in total. The molecule has 1 aromatic rings. The Kier molecular flexibility index (Phi) is 3.05. The van der Waals surface area contributed by atoms with Crippen LogP contribution >= 0.6 is 0 Å². The molecule has 0 bridgehead atoms. The highest BCUT2D eigenvalue weighted by Crippen LogP contribution is 2.38. The molecule has 5 heteroatoms. The molecule has 0 fully saturated rings. The van der Waals surface area contributed by atoms with Crippen LogP contribution in [-0.4, -0.2) is 13.3 Å². The van der Waals surface area contributed by atoms with Gasteiger partial charge in [-0.2, -0.15) is 0 Å². The highest BCUT2D eigenvalue weighted by molar-refractivity contribution is 5.61. The normalized spacial score (nSPS) is 14.0. The molecule has 0 radical (unpaired) electrons. The minimum absolute atomic E-state index is 0.0715. The Balaban J connectivity index is 2.44. The van der Waals surface area contributed by atoms with Gasteiger partial charge in [0, 0.05) is 12.1 Å². The number of benzene rings is 1. The van der Waals surface area contributed by atoms with Gasteiger partial charge in [0.2, 0.25) is 6.79 Å². The first kappa shape index (κ1) is 10.9. The molecule has 3 nitrogen and oxygen atoms in total. The second-order valence-electron chi connectivity index (χ2n) is 3.27. The smallest absolute Gasteiger partial charge is 0.264 e. The van der Waals surface area contributed by atoms with E-state index >= 15 is 0 Å². The first-order chi connectivity index (χ1) is 7.72. The fraction of sp³-hybridized carbons (Fsp3) is 0.273. The Labute approximate surface area is 91.5 Å². The van der Waals surface area contributed by atoms with E-state index in [1.807, 2.05) is 0 Å². The first-order valence-corrected chi connectivity index (χ1v) is 4.80. The predicted molar refractivity (Wildman–Crippen MR) is 55.6 cm³/mol. The Morgan fingerprint density at radius 1 is 1.31 bits per heavy atom. The van der Waals surface area contributed by atoms with Crippen molar-refractivity contribution in [3.8, 4) is 11.5 Å². The van der Waals surface area contributed by atoms with Gasteiger partial charge in [0.1, 0.15) is 0 Å². The Bertz CT molecular complexity index is 419. The fourth-order valence-corrected chi connectivity index (χ4v) is 1.50. The largest absolute Gasteiger partial charge is 0.454 e. The summed E-state index contributed by atoms with van der Waals surface area (Å²) in [7, 11) is 0. The topological polar surface area (TPSA) is 44.5 Å². The van der Waals surface area contributed by atoms with Crippen molar-refractivity contribution in [1.29, 1.82) is 0 Å². The zero-order valence-electron chi connectivity index (χ0n) is 8.45. The van der Waals surface area contributed by atoms with Crippen molar-refractivity contribution in [3.63, 3.8) is 0 Å². The summed E-state index contributed by atoms with van der Waals surface area (Å²) in [5.41, 5.74) is 5.62. The minimum atomic E-state index is -2.55. The van der Waals surface area contributed by atoms with Gasteiger partial charge in [-0.3, -0.25) is 0 Å². The standard InChI is InChI=1S/C11H11F2NO2/c12-11(13)8-5-10-9(15-6-16-10)4-7(8)2-1-3-14/h1-2,4-5,11H,3,6,14H2/b2-1+. The summed E-state index contributed by atoms with van der Waals surface area (Å²) < 4.78 is 35.7. The molecule has 0 saturated carbocycles. The van der Waals surface area contributed by atoms with Crippen LogP contribution in [0.4, 0.5) is 8.78 Å². The first-order valence-electron chi connectivity index (χ1n) is 4.80. The highest BCUT2D eigenvalue weighted by Gasteiger charge is 2.20. The molecule has 0 aromatic heterocycles. The average Bonchev–Trinajstić information content (AvgIpc) is 2.71. The van der Waals surface area contributed by atoms with Crippen LogP contribution in [0.2, 0.25) is 0 Å². The lowest BCUT2D eigenvalue weighted by atomic mass is 10.1. The maximum Gasteiger partial charge on any atom is 0.264 e. The summed E-state index contributed by atoms with van der Waals surface area (Å²) in [6.45, 7) is 0.374. The maximum atomic E-state index is 12.8. The van der Waals surface area contributed by atoms with Crippen LogP contribution in [0.15, 0.2) is 18.2 Å². The van der Waals surface area contributed by atoms with Gasteiger partial charge in [0.25, 0.3) is 6.43 Å². The van der Waals surface area contributed by atoms with E-state index in [1.165, 1.54) is 12.1 Å². The van der Waals surface area contributed by atoms with Gasteiger partial charge in [-0.25, -0.2) is 8.78 Å². The predicted octanol–water partition coefficient (Wildman–Crippen LogP) is 2.32. The van der Waals surface area contributed by atoms with Gasteiger partial charge in [-0.05, 0) is 17.7 Å². The number of fused-ring (bicyclic) bond motifs is 1. The van der Waals surface area contributed by atoms with Gasteiger partial charge in [0.05, 0.1) is 0 Å². The van der Waals surface area contributed by atoms with E-state index in [-0.39, 0.29) is 12.4 Å². The molecule has 0 aliphatic carbocycles. The molecule has 0 atom stereocenters. The van der Waals surface area contributed by atoms with Crippen LogP contribution in [0.3, 0.4) is 0 Å².